The predicted molar refractivity (Wildman–Crippen MR) is 111 cm³/mol. The molecule has 1 aromatic rings. The molecule has 0 unspecified atom stereocenters. The average Bonchev–Trinajstić information content (AvgIpc) is 3.05. The molecule has 150 valence electrons. The van der Waals surface area contributed by atoms with Gasteiger partial charge in [0.25, 0.3) is 0 Å². The Balaban J connectivity index is 1.37. The summed E-state index contributed by atoms with van der Waals surface area (Å²) in [6.45, 7) is 2.52. The molecule has 2 N–H and O–H groups in total. The van der Waals surface area contributed by atoms with Gasteiger partial charge in [-0.1, -0.05) is 37.0 Å². The molecule has 0 heterocycles. The molecule has 0 saturated heterocycles. The smallest absolute Gasteiger partial charge is 0.128 e. The Hall–Kier alpha value is -1.30. The quantitative estimate of drug-likeness (QED) is 0.638. The molecule has 0 aliphatic heterocycles. The summed E-state index contributed by atoms with van der Waals surface area (Å²) < 4.78 is 0. The van der Waals surface area contributed by atoms with E-state index in [1.807, 2.05) is 30.3 Å². The Morgan fingerprint density at radius 1 is 0.893 bits per heavy atom. The van der Waals surface area contributed by atoms with Crippen LogP contribution in [0.3, 0.4) is 0 Å². The molecule has 4 aliphatic rings. The second kappa shape index (κ2) is 6.89. The lowest BCUT2D eigenvalue weighted by Crippen LogP contribution is -2.53. The molecule has 0 amide bonds. The maximum Gasteiger partial charge on any atom is 0.128 e. The van der Waals surface area contributed by atoms with Crippen LogP contribution in [0.2, 0.25) is 0 Å². The monoisotopic (exact) mass is 378 g/mol. The van der Waals surface area contributed by atoms with E-state index in [1.165, 1.54) is 25.7 Å². The molecule has 2 nitrogen and oxygen atoms in total. The Morgan fingerprint density at radius 3 is 2.46 bits per heavy atom. The molecule has 4 saturated carbocycles. The first-order chi connectivity index (χ1) is 13.5. The molecule has 0 aromatic heterocycles. The Kier molecular flexibility index (Phi) is 4.61. The van der Waals surface area contributed by atoms with Crippen molar-refractivity contribution in [1.82, 2.24) is 0 Å². The summed E-state index contributed by atoms with van der Waals surface area (Å²) in [5.74, 6) is 9.79. The summed E-state index contributed by atoms with van der Waals surface area (Å²) in [6, 6.07) is 10.1. The van der Waals surface area contributed by atoms with E-state index in [2.05, 4.69) is 18.8 Å². The molecule has 0 radical (unpaired) electrons. The van der Waals surface area contributed by atoms with E-state index >= 15 is 0 Å². The number of benzene rings is 1. The zero-order chi connectivity index (χ0) is 19.4. The summed E-state index contributed by atoms with van der Waals surface area (Å²) in [7, 11) is 0. The van der Waals surface area contributed by atoms with Crippen LogP contribution in [0.15, 0.2) is 30.3 Å². The van der Waals surface area contributed by atoms with Gasteiger partial charge in [-0.2, -0.15) is 0 Å². The van der Waals surface area contributed by atoms with E-state index in [0.717, 1.165) is 49.5 Å². The van der Waals surface area contributed by atoms with Crippen LogP contribution in [-0.2, 0) is 0 Å². The van der Waals surface area contributed by atoms with Gasteiger partial charge < -0.3 is 10.2 Å². The van der Waals surface area contributed by atoms with Gasteiger partial charge >= 0.3 is 0 Å². The maximum atomic E-state index is 11.5. The third-order valence-electron chi connectivity index (χ3n) is 9.24. The van der Waals surface area contributed by atoms with Crippen LogP contribution >= 0.6 is 0 Å². The van der Waals surface area contributed by atoms with Crippen LogP contribution in [0.5, 0.6) is 0 Å². The molecule has 8 atom stereocenters. The normalized spacial score (nSPS) is 47.2. The fraction of sp³-hybridized carbons (Fsp3) is 0.692. The van der Waals surface area contributed by atoms with Gasteiger partial charge in [0.15, 0.2) is 0 Å². The number of aliphatic hydroxyl groups is 2. The summed E-state index contributed by atoms with van der Waals surface area (Å²) in [5, 5.41) is 21.6. The van der Waals surface area contributed by atoms with Crippen LogP contribution in [0.1, 0.15) is 70.3 Å². The highest BCUT2D eigenvalue weighted by molar-refractivity contribution is 5.37. The van der Waals surface area contributed by atoms with E-state index in [9.17, 15) is 10.2 Å². The summed E-state index contributed by atoms with van der Waals surface area (Å²) >= 11 is 0. The minimum absolute atomic E-state index is 0.0733. The van der Waals surface area contributed by atoms with Gasteiger partial charge in [0.05, 0.1) is 6.10 Å². The molecule has 5 rings (SSSR count). The van der Waals surface area contributed by atoms with Crippen molar-refractivity contribution in [3.63, 3.8) is 0 Å². The van der Waals surface area contributed by atoms with Crippen molar-refractivity contribution in [2.75, 3.05) is 0 Å². The molecule has 1 aromatic carbocycles. The zero-order valence-electron chi connectivity index (χ0n) is 17.1. The number of fused-ring (bicyclic) bond motifs is 5. The first kappa shape index (κ1) is 18.7. The molecular weight excluding hydrogens is 344 g/mol. The molecule has 2 heteroatoms. The van der Waals surface area contributed by atoms with Crippen molar-refractivity contribution in [2.24, 2.45) is 35.0 Å². The summed E-state index contributed by atoms with van der Waals surface area (Å²) in [4.78, 5) is 0. The van der Waals surface area contributed by atoms with Gasteiger partial charge in [-0.05, 0) is 99.0 Å². The van der Waals surface area contributed by atoms with Gasteiger partial charge in [-0.3, -0.25) is 0 Å². The van der Waals surface area contributed by atoms with Crippen molar-refractivity contribution in [3.8, 4) is 11.8 Å². The van der Waals surface area contributed by atoms with Crippen molar-refractivity contribution in [3.05, 3.63) is 35.9 Å². The van der Waals surface area contributed by atoms with Gasteiger partial charge in [-0.15, -0.1) is 0 Å². The molecule has 28 heavy (non-hydrogen) atoms. The second-order valence-corrected chi connectivity index (χ2v) is 10.4. The number of rotatable bonds is 0. The van der Waals surface area contributed by atoms with Gasteiger partial charge in [0.1, 0.15) is 5.60 Å². The predicted octanol–water partition coefficient (Wildman–Crippen LogP) is 4.78. The largest absolute Gasteiger partial charge is 0.393 e. The Morgan fingerprint density at radius 2 is 1.64 bits per heavy atom. The Labute approximate surface area is 169 Å². The van der Waals surface area contributed by atoms with E-state index in [0.29, 0.717) is 23.2 Å². The molecular formula is C26H34O2. The van der Waals surface area contributed by atoms with Crippen LogP contribution in [-0.4, -0.2) is 21.9 Å². The maximum absolute atomic E-state index is 11.5. The van der Waals surface area contributed by atoms with E-state index in [-0.39, 0.29) is 6.10 Å². The summed E-state index contributed by atoms with van der Waals surface area (Å²) in [6.07, 6.45) is 10.0. The van der Waals surface area contributed by atoms with Crippen LogP contribution in [0.25, 0.3) is 0 Å². The van der Waals surface area contributed by atoms with E-state index in [1.54, 1.807) is 0 Å². The van der Waals surface area contributed by atoms with E-state index in [4.69, 9.17) is 0 Å². The van der Waals surface area contributed by atoms with Gasteiger partial charge in [0.2, 0.25) is 0 Å². The second-order valence-electron chi connectivity index (χ2n) is 10.4. The first-order valence-electron chi connectivity index (χ1n) is 11.5. The molecule has 0 bridgehead atoms. The standard InChI is InChI=1S/C26H34O2/c1-25-14-12-20(27)17-19(25)7-8-21-22-13-16-26(28,24(22)10-9-23(21)25)15-11-18-5-3-2-4-6-18/h2-6,19-24,27-28H,7-10,12-14,16-17H2,1H3/t19-,20-,21-,22+,23-,24+,25+,26-/m0/s1. The van der Waals surface area contributed by atoms with Crippen LogP contribution < -0.4 is 0 Å². The molecule has 0 spiro atoms. The third-order valence-corrected chi connectivity index (χ3v) is 9.24. The lowest BCUT2D eigenvalue weighted by atomic mass is 9.47. The van der Waals surface area contributed by atoms with Crippen LogP contribution in [0.4, 0.5) is 0 Å². The zero-order valence-corrected chi connectivity index (χ0v) is 17.1. The summed E-state index contributed by atoms with van der Waals surface area (Å²) in [5.41, 5.74) is 0.608. The third kappa shape index (κ3) is 2.94. The fourth-order valence-corrected chi connectivity index (χ4v) is 7.78. The highest BCUT2D eigenvalue weighted by atomic mass is 16.3. The van der Waals surface area contributed by atoms with Crippen molar-refractivity contribution < 1.29 is 10.2 Å². The minimum atomic E-state index is -0.800. The number of hydrogen-bond donors (Lipinski definition) is 2. The van der Waals surface area contributed by atoms with Gasteiger partial charge in [-0.25, -0.2) is 0 Å². The lowest BCUT2D eigenvalue weighted by molar-refractivity contribution is -0.116. The number of aliphatic hydroxyl groups excluding tert-OH is 1. The first-order valence-corrected chi connectivity index (χ1v) is 11.5. The highest BCUT2D eigenvalue weighted by Gasteiger charge is 2.59. The van der Waals surface area contributed by atoms with Crippen molar-refractivity contribution in [2.45, 2.75) is 76.4 Å². The van der Waals surface area contributed by atoms with Crippen LogP contribution in [0, 0.1) is 46.8 Å². The number of hydrogen-bond acceptors (Lipinski definition) is 2. The molecule has 4 aliphatic carbocycles. The SMILES string of the molecule is C[C@@]12CC[C@H](O)C[C@@H]1CC[C@H]1[C@H]3CC[C@@](O)(C#Cc4ccccc4)[C@@H]3CC[C@@H]12. The fourth-order valence-electron chi connectivity index (χ4n) is 7.78. The topological polar surface area (TPSA) is 40.5 Å². The highest BCUT2D eigenvalue weighted by Crippen LogP contribution is 2.64. The Bertz CT molecular complexity index is 777. The average molecular weight is 379 g/mol. The van der Waals surface area contributed by atoms with Crippen molar-refractivity contribution in [1.29, 1.82) is 0 Å². The van der Waals surface area contributed by atoms with Gasteiger partial charge in [0, 0.05) is 11.5 Å². The van der Waals surface area contributed by atoms with E-state index < -0.39 is 5.60 Å². The lowest BCUT2D eigenvalue weighted by Gasteiger charge is -2.59. The minimum Gasteiger partial charge on any atom is -0.393 e. The van der Waals surface area contributed by atoms with Crippen molar-refractivity contribution >= 4 is 0 Å². The molecule has 4 fully saturated rings.